The minimum absolute atomic E-state index is 0.359. The van der Waals surface area contributed by atoms with Gasteiger partial charge in [0.15, 0.2) is 0 Å². The molecule has 4 nitrogen and oxygen atoms in total. The Balaban J connectivity index is 1.58. The highest BCUT2D eigenvalue weighted by molar-refractivity contribution is 5.36. The lowest BCUT2D eigenvalue weighted by Gasteiger charge is -2.32. The molecule has 0 amide bonds. The van der Waals surface area contributed by atoms with E-state index in [9.17, 15) is 0 Å². The third-order valence-corrected chi connectivity index (χ3v) is 4.28. The van der Waals surface area contributed by atoms with Gasteiger partial charge in [-0.25, -0.2) is 0 Å². The van der Waals surface area contributed by atoms with E-state index in [0.29, 0.717) is 6.10 Å². The van der Waals surface area contributed by atoms with Gasteiger partial charge in [-0.1, -0.05) is 12.1 Å². The van der Waals surface area contributed by atoms with Crippen molar-refractivity contribution in [1.82, 2.24) is 15.1 Å². The fourth-order valence-electron chi connectivity index (χ4n) is 2.73. The Hall–Kier alpha value is -1.10. The number of piperazine rings is 1. The van der Waals surface area contributed by atoms with E-state index in [0.717, 1.165) is 25.4 Å². The van der Waals surface area contributed by atoms with Crippen LogP contribution in [0.2, 0.25) is 0 Å². The molecule has 2 heterocycles. The van der Waals surface area contributed by atoms with Gasteiger partial charge in [0.1, 0.15) is 11.9 Å². The number of benzene rings is 1. The summed E-state index contributed by atoms with van der Waals surface area (Å²) in [5, 5.41) is 3.23. The lowest BCUT2D eigenvalue weighted by Crippen LogP contribution is -2.50. The van der Waals surface area contributed by atoms with Gasteiger partial charge in [-0.05, 0) is 31.2 Å². The molecule has 1 aromatic carbocycles. The molecular formula is C16H25N3O. The molecule has 20 heavy (non-hydrogen) atoms. The quantitative estimate of drug-likeness (QED) is 0.890. The summed E-state index contributed by atoms with van der Waals surface area (Å²) in [5.41, 5.74) is 2.65. The summed E-state index contributed by atoms with van der Waals surface area (Å²) in [4.78, 5) is 4.93. The maximum absolute atomic E-state index is 5.96. The first-order valence-electron chi connectivity index (χ1n) is 7.58. The Morgan fingerprint density at radius 1 is 1.20 bits per heavy atom. The molecule has 1 aromatic rings. The van der Waals surface area contributed by atoms with E-state index in [1.54, 1.807) is 0 Å². The van der Waals surface area contributed by atoms with Crippen LogP contribution in [0.25, 0.3) is 0 Å². The molecule has 3 rings (SSSR count). The van der Waals surface area contributed by atoms with Crippen molar-refractivity contribution < 1.29 is 4.74 Å². The van der Waals surface area contributed by atoms with Gasteiger partial charge < -0.3 is 15.0 Å². The van der Waals surface area contributed by atoms with Crippen molar-refractivity contribution in [1.29, 1.82) is 0 Å². The molecule has 0 atom stereocenters. The highest BCUT2D eigenvalue weighted by Gasteiger charge is 2.19. The van der Waals surface area contributed by atoms with E-state index in [-0.39, 0.29) is 0 Å². The summed E-state index contributed by atoms with van der Waals surface area (Å²) in [5.74, 6) is 1.04. The van der Waals surface area contributed by atoms with Crippen molar-refractivity contribution in [2.24, 2.45) is 0 Å². The lowest BCUT2D eigenvalue weighted by atomic mass is 10.1. The molecule has 0 aliphatic carbocycles. The van der Waals surface area contributed by atoms with Gasteiger partial charge in [0.25, 0.3) is 0 Å². The molecule has 1 N–H and O–H groups in total. The maximum atomic E-state index is 5.96. The fourth-order valence-corrected chi connectivity index (χ4v) is 2.73. The van der Waals surface area contributed by atoms with Crippen molar-refractivity contribution in [3.05, 3.63) is 29.3 Å². The summed E-state index contributed by atoms with van der Waals surface area (Å²) in [6, 6.07) is 6.63. The maximum Gasteiger partial charge on any atom is 0.123 e. The molecule has 2 saturated heterocycles. The van der Waals surface area contributed by atoms with Crippen molar-refractivity contribution in [3.63, 3.8) is 0 Å². The zero-order chi connectivity index (χ0) is 13.9. The van der Waals surface area contributed by atoms with Crippen LogP contribution in [0, 0.1) is 6.92 Å². The first-order valence-corrected chi connectivity index (χ1v) is 7.58. The van der Waals surface area contributed by atoms with E-state index in [1.807, 2.05) is 0 Å². The number of rotatable bonds is 4. The minimum atomic E-state index is 0.359. The number of ether oxygens (including phenoxy) is 1. The molecule has 110 valence electrons. The molecule has 0 aromatic heterocycles. The predicted octanol–water partition coefficient (Wildman–Crippen LogP) is 1.09. The Labute approximate surface area is 121 Å². The molecule has 0 radical (unpaired) electrons. The molecule has 0 unspecified atom stereocenters. The summed E-state index contributed by atoms with van der Waals surface area (Å²) >= 11 is 0. The molecular weight excluding hydrogens is 250 g/mol. The first-order chi connectivity index (χ1) is 9.70. The van der Waals surface area contributed by atoms with E-state index in [4.69, 9.17) is 4.74 Å². The fraction of sp³-hybridized carbons (Fsp3) is 0.625. The second-order valence-corrected chi connectivity index (χ2v) is 6.08. The summed E-state index contributed by atoms with van der Waals surface area (Å²) in [6.45, 7) is 9.84. The summed E-state index contributed by atoms with van der Waals surface area (Å²) in [7, 11) is 2.20. The van der Waals surface area contributed by atoms with Crippen LogP contribution in [0.4, 0.5) is 0 Å². The van der Waals surface area contributed by atoms with Crippen LogP contribution in [0.3, 0.4) is 0 Å². The first kappa shape index (κ1) is 13.9. The Morgan fingerprint density at radius 3 is 2.55 bits per heavy atom. The van der Waals surface area contributed by atoms with Crippen LogP contribution in [0.15, 0.2) is 18.2 Å². The van der Waals surface area contributed by atoms with Crippen LogP contribution >= 0.6 is 0 Å². The second-order valence-electron chi connectivity index (χ2n) is 6.08. The van der Waals surface area contributed by atoms with Gasteiger partial charge in [-0.15, -0.1) is 0 Å². The van der Waals surface area contributed by atoms with E-state index < -0.39 is 0 Å². The largest absolute Gasteiger partial charge is 0.487 e. The molecule has 0 saturated carbocycles. The molecule has 2 aliphatic rings. The molecule has 2 aliphatic heterocycles. The Bertz CT molecular complexity index is 451. The molecule has 4 heteroatoms. The zero-order valence-corrected chi connectivity index (χ0v) is 12.6. The van der Waals surface area contributed by atoms with Crippen molar-refractivity contribution >= 4 is 0 Å². The minimum Gasteiger partial charge on any atom is -0.487 e. The topological polar surface area (TPSA) is 27.7 Å². The average molecular weight is 275 g/mol. The van der Waals surface area contributed by atoms with Crippen LogP contribution in [-0.2, 0) is 6.54 Å². The number of aryl methyl sites for hydroxylation is 1. The standard InChI is InChI=1S/C16H25N3O/c1-13-9-14(12-19-7-5-18(2)6-8-19)3-4-16(13)20-15-10-17-11-15/h3-4,9,15,17H,5-8,10-12H2,1-2H3. The highest BCUT2D eigenvalue weighted by Crippen LogP contribution is 2.22. The average Bonchev–Trinajstić information content (AvgIpc) is 2.38. The number of hydrogen-bond donors (Lipinski definition) is 1. The monoisotopic (exact) mass is 275 g/mol. The van der Waals surface area contributed by atoms with Gasteiger partial charge in [-0.3, -0.25) is 4.90 Å². The second kappa shape index (κ2) is 6.12. The highest BCUT2D eigenvalue weighted by atomic mass is 16.5. The Kier molecular flexibility index (Phi) is 4.24. The van der Waals surface area contributed by atoms with Gasteiger partial charge in [0.2, 0.25) is 0 Å². The number of nitrogens with one attached hydrogen (secondary N) is 1. The van der Waals surface area contributed by atoms with Crippen molar-refractivity contribution in [2.75, 3.05) is 46.3 Å². The lowest BCUT2D eigenvalue weighted by molar-refractivity contribution is 0.140. The molecule has 0 bridgehead atoms. The zero-order valence-electron chi connectivity index (χ0n) is 12.6. The Morgan fingerprint density at radius 2 is 1.95 bits per heavy atom. The van der Waals surface area contributed by atoms with Gasteiger partial charge >= 0.3 is 0 Å². The van der Waals surface area contributed by atoms with Crippen LogP contribution in [0.1, 0.15) is 11.1 Å². The van der Waals surface area contributed by atoms with Gasteiger partial charge in [-0.2, -0.15) is 0 Å². The van der Waals surface area contributed by atoms with E-state index >= 15 is 0 Å². The van der Waals surface area contributed by atoms with Gasteiger partial charge in [0.05, 0.1) is 0 Å². The summed E-state index contributed by atoms with van der Waals surface area (Å²) < 4.78 is 5.96. The third-order valence-electron chi connectivity index (χ3n) is 4.28. The number of nitrogens with zero attached hydrogens (tertiary/aromatic N) is 2. The van der Waals surface area contributed by atoms with Crippen LogP contribution < -0.4 is 10.1 Å². The number of likely N-dealkylation sites (N-methyl/N-ethyl adjacent to an activating group) is 1. The van der Waals surface area contributed by atoms with Gasteiger partial charge in [0, 0.05) is 45.8 Å². The molecule has 0 spiro atoms. The van der Waals surface area contributed by atoms with E-state index in [2.05, 4.69) is 47.3 Å². The number of hydrogen-bond acceptors (Lipinski definition) is 4. The predicted molar refractivity (Wildman–Crippen MR) is 81.2 cm³/mol. The van der Waals surface area contributed by atoms with Crippen LogP contribution in [0.5, 0.6) is 5.75 Å². The smallest absolute Gasteiger partial charge is 0.123 e. The van der Waals surface area contributed by atoms with E-state index in [1.165, 1.54) is 37.3 Å². The normalized spacial score (nSPS) is 21.7. The third kappa shape index (κ3) is 3.32. The van der Waals surface area contributed by atoms with Crippen LogP contribution in [-0.4, -0.2) is 62.2 Å². The summed E-state index contributed by atoms with van der Waals surface area (Å²) in [6.07, 6.45) is 0.359. The SMILES string of the molecule is Cc1cc(CN2CCN(C)CC2)ccc1OC1CNC1. The molecule has 2 fully saturated rings. The van der Waals surface area contributed by atoms with Crippen molar-refractivity contribution in [3.8, 4) is 5.75 Å². The van der Waals surface area contributed by atoms with Crippen molar-refractivity contribution in [2.45, 2.75) is 19.6 Å².